The first-order chi connectivity index (χ1) is 7.99. The zero-order valence-corrected chi connectivity index (χ0v) is 11.4. The predicted octanol–water partition coefficient (Wildman–Crippen LogP) is 0.359. The number of hydrogen-bond donors (Lipinski definition) is 2. The fourth-order valence-electron chi connectivity index (χ4n) is 1.64. The molecule has 0 radical (unpaired) electrons. The lowest BCUT2D eigenvalue weighted by atomic mass is 10.1. The highest BCUT2D eigenvalue weighted by Crippen LogP contribution is 2.05. The van der Waals surface area contributed by atoms with E-state index < -0.39 is 0 Å². The number of hydrogen-bond acceptors (Lipinski definition) is 3. The van der Waals surface area contributed by atoms with Crippen LogP contribution in [0.25, 0.3) is 0 Å². The number of carbonyl (C=O) groups is 2. The van der Waals surface area contributed by atoms with Crippen LogP contribution in [0.1, 0.15) is 33.1 Å². The summed E-state index contributed by atoms with van der Waals surface area (Å²) in [6.45, 7) is 4.78. The molecule has 5 nitrogen and oxygen atoms in total. The van der Waals surface area contributed by atoms with Gasteiger partial charge in [-0.1, -0.05) is 0 Å². The molecule has 0 aliphatic carbocycles. The molecule has 1 atom stereocenters. The van der Waals surface area contributed by atoms with Gasteiger partial charge in [0.2, 0.25) is 11.8 Å². The Morgan fingerprint density at radius 1 is 1.18 bits per heavy atom. The second-order valence-electron chi connectivity index (χ2n) is 4.35. The summed E-state index contributed by atoms with van der Waals surface area (Å²) < 4.78 is 0. The smallest absolute Gasteiger partial charge is 0.237 e. The first kappa shape index (κ1) is 15.9. The van der Waals surface area contributed by atoms with E-state index in [-0.39, 0.29) is 17.9 Å². The first-order valence-electron chi connectivity index (χ1n) is 6.17. The molecule has 0 aliphatic rings. The van der Waals surface area contributed by atoms with Crippen LogP contribution in [0.15, 0.2) is 0 Å². The molecule has 0 fully saturated rings. The van der Waals surface area contributed by atoms with E-state index in [2.05, 4.69) is 10.6 Å². The zero-order chi connectivity index (χ0) is 13.3. The van der Waals surface area contributed by atoms with Crippen LogP contribution in [0.2, 0.25) is 0 Å². The highest BCUT2D eigenvalue weighted by Gasteiger charge is 2.18. The van der Waals surface area contributed by atoms with E-state index in [1.54, 1.807) is 0 Å². The van der Waals surface area contributed by atoms with Crippen molar-refractivity contribution >= 4 is 11.8 Å². The van der Waals surface area contributed by atoms with Crippen LogP contribution in [0.3, 0.4) is 0 Å². The van der Waals surface area contributed by atoms with Gasteiger partial charge in [-0.2, -0.15) is 0 Å². The molecule has 0 aliphatic heterocycles. The van der Waals surface area contributed by atoms with Gasteiger partial charge in [0.15, 0.2) is 0 Å². The molecule has 100 valence electrons. The van der Waals surface area contributed by atoms with Crippen molar-refractivity contribution in [2.24, 2.45) is 0 Å². The minimum atomic E-state index is -0.0766. The number of amides is 2. The van der Waals surface area contributed by atoms with E-state index in [9.17, 15) is 9.59 Å². The van der Waals surface area contributed by atoms with Crippen molar-refractivity contribution < 1.29 is 9.59 Å². The Balaban J connectivity index is 3.85. The van der Waals surface area contributed by atoms with Crippen LogP contribution < -0.4 is 10.6 Å². The van der Waals surface area contributed by atoms with E-state index in [1.165, 1.54) is 6.92 Å². The number of unbranched alkanes of at least 4 members (excludes halogenated alkanes) is 1. The van der Waals surface area contributed by atoms with Crippen LogP contribution in [0, 0.1) is 0 Å². The van der Waals surface area contributed by atoms with Gasteiger partial charge in [0.05, 0.1) is 6.04 Å². The number of rotatable bonds is 8. The lowest BCUT2D eigenvalue weighted by Crippen LogP contribution is -2.43. The fourth-order valence-corrected chi connectivity index (χ4v) is 1.64. The molecule has 2 N–H and O–H groups in total. The third-order valence-corrected chi connectivity index (χ3v) is 2.56. The third kappa shape index (κ3) is 7.74. The molecule has 0 spiro atoms. The normalized spacial score (nSPS) is 12.3. The van der Waals surface area contributed by atoms with Gasteiger partial charge in [-0.15, -0.1) is 0 Å². The van der Waals surface area contributed by atoms with Gasteiger partial charge in [-0.3, -0.25) is 14.5 Å². The summed E-state index contributed by atoms with van der Waals surface area (Å²) in [5.41, 5.74) is 0. The summed E-state index contributed by atoms with van der Waals surface area (Å²) in [5.74, 6) is 0.0786. The quantitative estimate of drug-likeness (QED) is 0.369. The lowest BCUT2D eigenvalue weighted by molar-refractivity contribution is -0.125. The highest BCUT2D eigenvalue weighted by molar-refractivity contribution is 5.81. The Hall–Kier alpha value is -1.10. The Labute approximate surface area is 104 Å². The number of nitrogens with zero attached hydrogens (tertiary/aromatic N) is 1. The van der Waals surface area contributed by atoms with E-state index in [4.69, 9.17) is 0 Å². The second-order valence-corrected chi connectivity index (χ2v) is 4.35. The van der Waals surface area contributed by atoms with E-state index >= 15 is 0 Å². The van der Waals surface area contributed by atoms with Crippen LogP contribution in [0.4, 0.5) is 0 Å². The van der Waals surface area contributed by atoms with Gasteiger partial charge < -0.3 is 10.6 Å². The molecule has 0 aromatic carbocycles. The number of carbonyl (C=O) groups excluding carboxylic acids is 2. The van der Waals surface area contributed by atoms with Crippen molar-refractivity contribution in [2.45, 2.75) is 39.2 Å². The molecule has 5 heteroatoms. The molecule has 0 aromatic heterocycles. The van der Waals surface area contributed by atoms with Crippen molar-refractivity contribution in [2.75, 3.05) is 27.2 Å². The Kier molecular flexibility index (Phi) is 8.40. The molecular formula is C12H25N3O2. The third-order valence-electron chi connectivity index (χ3n) is 2.56. The molecule has 0 heterocycles. The zero-order valence-electron chi connectivity index (χ0n) is 11.4. The standard InChI is InChI=1S/C12H25N3O2/c1-5-13-12(17)11(15(3)4)8-6-7-9-14-10(2)16/h11H,5-9H2,1-4H3,(H,13,17)(H,14,16)/i1+1,3+1,13+1. The maximum absolute atomic E-state index is 11.7. The van der Waals surface area contributed by atoms with Crippen LogP contribution in [-0.2, 0) is 9.59 Å². The van der Waals surface area contributed by atoms with Crippen molar-refractivity contribution in [3.8, 4) is 0 Å². The maximum atomic E-state index is 11.7. The molecule has 2 amide bonds. The minimum absolute atomic E-state index is 0.00196. The first-order valence-corrected chi connectivity index (χ1v) is 6.17. The van der Waals surface area contributed by atoms with Gasteiger partial charge in [-0.05, 0) is 40.3 Å². The van der Waals surface area contributed by atoms with E-state index in [1.807, 2.05) is 25.9 Å². The molecule has 0 bridgehead atoms. The van der Waals surface area contributed by atoms with Gasteiger partial charge in [-0.25, -0.2) is 0 Å². The van der Waals surface area contributed by atoms with Gasteiger partial charge >= 0.3 is 0 Å². The average Bonchev–Trinajstić information content (AvgIpc) is 2.22. The molecule has 0 saturated carbocycles. The van der Waals surface area contributed by atoms with Crippen LogP contribution in [0.5, 0.6) is 0 Å². The molecule has 0 rings (SSSR count). The SMILES string of the molecule is CC(=O)NCCCCC(C(=O)[15NH]C[13CH3])N(C)[13CH3]. The molecule has 0 saturated heterocycles. The lowest BCUT2D eigenvalue weighted by Gasteiger charge is -2.23. The molecule has 0 aromatic rings. The Bertz CT molecular complexity index is 242. The summed E-state index contributed by atoms with van der Waals surface area (Å²) in [4.78, 5) is 24.3. The summed E-state index contributed by atoms with van der Waals surface area (Å²) in [6.07, 6.45) is 2.65. The van der Waals surface area contributed by atoms with Gasteiger partial charge in [0.1, 0.15) is 0 Å². The Morgan fingerprint density at radius 3 is 2.29 bits per heavy atom. The average molecular weight is 246 g/mol. The van der Waals surface area contributed by atoms with Crippen molar-refractivity contribution in [1.82, 2.24) is 15.5 Å². The van der Waals surface area contributed by atoms with Gasteiger partial charge in [0.25, 0.3) is 0 Å². The maximum Gasteiger partial charge on any atom is 0.237 e. The summed E-state index contributed by atoms with van der Waals surface area (Å²) in [7, 11) is 3.82. The van der Waals surface area contributed by atoms with Crippen LogP contribution in [-0.4, -0.2) is 49.9 Å². The minimum Gasteiger partial charge on any atom is -0.356 e. The van der Waals surface area contributed by atoms with Gasteiger partial charge in [0, 0.05) is 20.0 Å². The van der Waals surface area contributed by atoms with Crippen LogP contribution >= 0.6 is 0 Å². The van der Waals surface area contributed by atoms with Crippen molar-refractivity contribution in [1.29, 1.82) is 0 Å². The molecule has 17 heavy (non-hydrogen) atoms. The largest absolute Gasteiger partial charge is 0.356 e. The van der Waals surface area contributed by atoms with E-state index in [0.29, 0.717) is 13.1 Å². The van der Waals surface area contributed by atoms with Crippen molar-refractivity contribution in [3.63, 3.8) is 0 Å². The molecule has 1 unspecified atom stereocenters. The fraction of sp³-hybridized carbons (Fsp3) is 0.833. The predicted molar refractivity (Wildman–Crippen MR) is 68.7 cm³/mol. The summed E-state index contributed by atoms with van der Waals surface area (Å²) in [5, 5.41) is 5.59. The summed E-state index contributed by atoms with van der Waals surface area (Å²) >= 11 is 0. The monoisotopic (exact) mass is 246 g/mol. The number of nitrogens with one attached hydrogen (secondary N) is 2. The van der Waals surface area contributed by atoms with E-state index in [0.717, 1.165) is 19.3 Å². The Morgan fingerprint density at radius 2 is 1.82 bits per heavy atom. The second kappa shape index (κ2) is 8.98. The van der Waals surface area contributed by atoms with Crippen molar-refractivity contribution in [3.05, 3.63) is 0 Å². The summed E-state index contributed by atoms with van der Waals surface area (Å²) in [6, 6.07) is -0.0766. The highest BCUT2D eigenvalue weighted by atomic mass is 16.2. The molecular weight excluding hydrogens is 221 g/mol. The number of likely N-dealkylation sites (N-methyl/N-ethyl adjacent to an activating group) is 2. The topological polar surface area (TPSA) is 61.4 Å².